The van der Waals surface area contributed by atoms with Crippen molar-refractivity contribution < 1.29 is 19.4 Å². The third-order valence-corrected chi connectivity index (χ3v) is 6.69. The smallest absolute Gasteiger partial charge is 0.342 e. The molecule has 1 aliphatic rings. The van der Waals surface area contributed by atoms with E-state index < -0.39 is 24.6 Å². The van der Waals surface area contributed by atoms with E-state index in [0.717, 1.165) is 16.3 Å². The zero-order valence-electron chi connectivity index (χ0n) is 15.8. The van der Waals surface area contributed by atoms with Crippen molar-refractivity contribution in [1.82, 2.24) is 0 Å². The van der Waals surface area contributed by atoms with E-state index in [1.807, 2.05) is 43.3 Å². The quantitative estimate of drug-likeness (QED) is 0.484. The summed E-state index contributed by atoms with van der Waals surface area (Å²) in [5, 5.41) is 10.8. The molecule has 0 saturated heterocycles. The van der Waals surface area contributed by atoms with Gasteiger partial charge >= 0.3 is 13.4 Å². The predicted molar refractivity (Wildman–Crippen MR) is 114 cm³/mol. The number of carbonyl (C=O) groups is 1. The molecule has 5 heteroatoms. The monoisotopic (exact) mass is 403 g/mol. The van der Waals surface area contributed by atoms with Crippen LogP contribution in [0.15, 0.2) is 91.0 Å². The molecule has 3 unspecified atom stereocenters. The minimum absolute atomic E-state index is 0.418. The molecule has 0 bridgehead atoms. The molecule has 0 aliphatic heterocycles. The van der Waals surface area contributed by atoms with E-state index in [-0.39, 0.29) is 0 Å². The Morgan fingerprint density at radius 3 is 2.28 bits per heavy atom. The Morgan fingerprint density at radius 2 is 1.55 bits per heavy atom. The number of allylic oxidation sites excluding steroid dienone is 2. The van der Waals surface area contributed by atoms with Gasteiger partial charge < -0.3 is 5.11 Å². The second-order valence-electron chi connectivity index (χ2n) is 7.20. The van der Waals surface area contributed by atoms with E-state index in [1.54, 1.807) is 36.4 Å². The number of Topliss-reactive ketones (excluding diaryl/α,β-unsaturated/α-hetero) is 1. The highest BCUT2D eigenvalue weighted by Gasteiger charge is 2.67. The molecule has 0 amide bonds. The average molecular weight is 403 g/mol. The first-order valence-electron chi connectivity index (χ1n) is 9.26. The fourth-order valence-corrected chi connectivity index (χ4v) is 4.94. The summed E-state index contributed by atoms with van der Waals surface area (Å²) in [6.07, 6.45) is 5.92. The Bertz CT molecular complexity index is 1180. The first-order valence-corrected chi connectivity index (χ1v) is 10.5. The van der Waals surface area contributed by atoms with Crippen molar-refractivity contribution in [1.29, 1.82) is 0 Å². The summed E-state index contributed by atoms with van der Waals surface area (Å²) in [5.41, 5.74) is -0.109. The summed E-state index contributed by atoms with van der Waals surface area (Å²) in [5.74, 6) is -0.418. The van der Waals surface area contributed by atoms with Gasteiger partial charge in [0.25, 0.3) is 0 Å². The van der Waals surface area contributed by atoms with Gasteiger partial charge in [-0.05, 0) is 33.4 Å². The van der Waals surface area contributed by atoms with Gasteiger partial charge in [0.1, 0.15) is 0 Å². The third-order valence-electron chi connectivity index (χ3n) is 5.61. The van der Waals surface area contributed by atoms with Crippen LogP contribution >= 0.6 is 8.03 Å². The van der Waals surface area contributed by atoms with Crippen molar-refractivity contribution >= 4 is 24.6 Å². The summed E-state index contributed by atoms with van der Waals surface area (Å²) < 4.78 is 12.4. The van der Waals surface area contributed by atoms with Gasteiger partial charge in [-0.2, -0.15) is 4.89 Å². The minimum atomic E-state index is -3.14. The molecule has 4 rings (SSSR count). The number of rotatable bonds is 4. The maximum absolute atomic E-state index is 14.2. The minimum Gasteiger partial charge on any atom is -0.342 e. The molecule has 0 saturated carbocycles. The molecule has 0 aromatic heterocycles. The Kier molecular flexibility index (Phi) is 4.79. The van der Waals surface area contributed by atoms with Gasteiger partial charge in [-0.15, -0.1) is 0 Å². The van der Waals surface area contributed by atoms with Crippen LogP contribution in [0.3, 0.4) is 0 Å². The summed E-state index contributed by atoms with van der Waals surface area (Å²) >= 11 is 0. The van der Waals surface area contributed by atoms with Crippen LogP contribution in [-0.2, 0) is 9.98 Å². The molecule has 2 N–H and O–H groups in total. The van der Waals surface area contributed by atoms with E-state index in [4.69, 9.17) is 0 Å². The molecule has 144 valence electrons. The van der Waals surface area contributed by atoms with Crippen LogP contribution in [0.25, 0.3) is 10.8 Å². The highest BCUT2D eigenvalue weighted by atomic mass is 31.1. The lowest BCUT2D eigenvalue weighted by molar-refractivity contribution is 0.0631. The molecule has 0 radical (unpaired) electrons. The lowest BCUT2D eigenvalue weighted by Crippen LogP contribution is -2.53. The number of hydrogen-bond acceptors (Lipinski definition) is 3. The maximum atomic E-state index is 14.2. The second kappa shape index (κ2) is 7.16. The number of ketones is 1. The van der Waals surface area contributed by atoms with E-state index >= 15 is 0 Å². The van der Waals surface area contributed by atoms with Gasteiger partial charge in [0, 0.05) is 11.6 Å². The number of aryl methyl sites for hydroxylation is 1. The zero-order chi connectivity index (χ0) is 20.6. The number of fused-ring (bicyclic) bond motifs is 1. The van der Waals surface area contributed by atoms with Crippen molar-refractivity contribution in [3.8, 4) is 0 Å². The van der Waals surface area contributed by atoms with Crippen molar-refractivity contribution in [3.05, 3.63) is 108 Å². The van der Waals surface area contributed by atoms with E-state index in [9.17, 15) is 19.4 Å². The normalized spacial score (nSPS) is 23.9. The first-order chi connectivity index (χ1) is 13.9. The molecule has 1 aliphatic carbocycles. The van der Waals surface area contributed by atoms with Gasteiger partial charge in [0.15, 0.2) is 11.2 Å². The predicted octanol–water partition coefficient (Wildman–Crippen LogP) is 4.82. The summed E-state index contributed by atoms with van der Waals surface area (Å²) in [6, 6.07) is 20.0. The van der Waals surface area contributed by atoms with Gasteiger partial charge in [-0.25, -0.2) is 0 Å². The molecule has 0 fully saturated rings. The number of hydrogen-bond donors (Lipinski definition) is 2. The number of aliphatic hydroxyl groups is 1. The summed E-state index contributed by atoms with van der Waals surface area (Å²) in [6.45, 7) is 1.83. The lowest BCUT2D eigenvalue weighted by atomic mass is 9.67. The average Bonchev–Trinajstić information content (AvgIpc) is 2.74. The molecular formula is C24H20O4P+. The molecule has 29 heavy (non-hydrogen) atoms. The molecular weight excluding hydrogens is 383 g/mol. The van der Waals surface area contributed by atoms with Crippen molar-refractivity contribution in [2.75, 3.05) is 0 Å². The Labute approximate surface area is 169 Å². The Morgan fingerprint density at radius 1 is 0.897 bits per heavy atom. The molecule has 3 aromatic rings. The van der Waals surface area contributed by atoms with E-state index in [0.29, 0.717) is 11.1 Å². The van der Waals surface area contributed by atoms with Crippen LogP contribution in [0.2, 0.25) is 0 Å². The highest BCUT2D eigenvalue weighted by Crippen LogP contribution is 2.54. The van der Waals surface area contributed by atoms with Crippen LogP contribution in [0.5, 0.6) is 0 Å². The van der Waals surface area contributed by atoms with Crippen molar-refractivity contribution in [2.24, 2.45) is 0 Å². The van der Waals surface area contributed by atoms with E-state index in [2.05, 4.69) is 0 Å². The zero-order valence-corrected chi connectivity index (χ0v) is 16.7. The summed E-state index contributed by atoms with van der Waals surface area (Å²) in [7, 11) is -3.14. The van der Waals surface area contributed by atoms with Crippen LogP contribution in [0.1, 0.15) is 21.5 Å². The highest BCUT2D eigenvalue weighted by molar-refractivity contribution is 7.40. The Hall–Kier alpha value is -2.91. The fraction of sp³-hybridized carbons (Fsp3) is 0.125. The van der Waals surface area contributed by atoms with Crippen LogP contribution in [-0.4, -0.2) is 21.1 Å². The molecule has 3 atom stereocenters. The standard InChI is InChI=1S/C24H19O4P/c1-17-13-14-18-9-5-6-12-20(18)21(17)22(25)23(19-10-3-2-4-11-19)15-7-8-16-24(23,26)29(27)28/h2-16,26H,1H3/p+1. The van der Waals surface area contributed by atoms with Gasteiger partial charge in [0.2, 0.25) is 0 Å². The topological polar surface area (TPSA) is 74.6 Å². The third kappa shape index (κ3) is 2.80. The number of carbonyl (C=O) groups excluding carboxylic acids is 1. The van der Waals surface area contributed by atoms with Crippen LogP contribution < -0.4 is 0 Å². The van der Waals surface area contributed by atoms with Gasteiger partial charge in [-0.3, -0.25) is 4.79 Å². The van der Waals surface area contributed by atoms with Crippen LogP contribution in [0.4, 0.5) is 0 Å². The summed E-state index contributed by atoms with van der Waals surface area (Å²) in [4.78, 5) is 24.3. The maximum Gasteiger partial charge on any atom is 0.547 e. The molecule has 3 aromatic carbocycles. The molecule has 0 heterocycles. The Balaban J connectivity index is 2.09. The first kappa shape index (κ1) is 19.4. The van der Waals surface area contributed by atoms with Crippen molar-refractivity contribution in [2.45, 2.75) is 17.7 Å². The SMILES string of the molecule is Cc1ccc2ccccc2c1C(=O)C1(c2ccccc2)C=CC=CC1(O)[P+](=O)O. The molecule has 4 nitrogen and oxygen atoms in total. The molecule has 0 spiro atoms. The fourth-order valence-electron chi connectivity index (χ4n) is 4.12. The second-order valence-corrected chi connectivity index (χ2v) is 8.43. The van der Waals surface area contributed by atoms with E-state index in [1.165, 1.54) is 18.2 Å². The van der Waals surface area contributed by atoms with Gasteiger partial charge in [0.05, 0.1) is 0 Å². The van der Waals surface area contributed by atoms with Gasteiger partial charge in [-0.1, -0.05) is 85.0 Å². The van der Waals surface area contributed by atoms with Crippen LogP contribution in [0, 0.1) is 6.92 Å². The lowest BCUT2D eigenvalue weighted by Gasteiger charge is -2.36. The largest absolute Gasteiger partial charge is 0.547 e. The number of benzene rings is 3. The van der Waals surface area contributed by atoms with Crippen molar-refractivity contribution in [3.63, 3.8) is 0 Å².